The average molecular weight is 130 g/mol. The molecule has 0 unspecified atom stereocenters. The summed E-state index contributed by atoms with van der Waals surface area (Å²) in [7, 11) is 28.0. The van der Waals surface area contributed by atoms with E-state index >= 15 is 0 Å². The van der Waals surface area contributed by atoms with Gasteiger partial charge in [0.2, 0.25) is 0 Å². The molecule has 0 aromatic heterocycles. The molecule has 0 aliphatic heterocycles. The first-order valence-electron chi connectivity index (χ1n) is 3.67. The van der Waals surface area contributed by atoms with Crippen molar-refractivity contribution in [3.63, 3.8) is 0 Å². The van der Waals surface area contributed by atoms with E-state index in [1.54, 1.807) is 14.1 Å². The smallest absolute Gasteiger partial charge is 0 e. The molecule has 0 aromatic rings. The van der Waals surface area contributed by atoms with E-state index in [0.717, 1.165) is 0 Å². The zero-order valence-corrected chi connectivity index (χ0v) is 6.93. The van der Waals surface area contributed by atoms with Crippen LogP contribution in [0.2, 0.25) is 0 Å². The molecule has 12 heteroatoms. The third kappa shape index (κ3) is 10.8. The third-order valence-corrected chi connectivity index (χ3v) is 1.00. The van der Waals surface area contributed by atoms with Crippen molar-refractivity contribution in [1.82, 2.24) is 0 Å². The predicted molar refractivity (Wildman–Crippen MR) is 69.0 cm³/mol. The van der Waals surface area contributed by atoms with E-state index in [4.69, 9.17) is 15.5 Å². The van der Waals surface area contributed by atoms with Gasteiger partial charge in [-0.15, -0.1) is 0 Å². The first kappa shape index (κ1) is 12.8. The second kappa shape index (κ2) is 11.8. The van der Waals surface area contributed by atoms with Crippen LogP contribution in [-0.4, -0.2) is 86.1 Å². The fraction of sp³-hybridized carbons (Fsp3) is 0. The summed E-state index contributed by atoms with van der Waals surface area (Å²) in [5.74, 6) is 0. The van der Waals surface area contributed by atoms with Gasteiger partial charge in [-0.1, -0.05) is 0 Å². The fourth-order valence-electron chi connectivity index (χ4n) is 0.513. The summed E-state index contributed by atoms with van der Waals surface area (Å²) in [5, 5.41) is 0. The molecule has 12 heavy (non-hydrogen) atoms. The van der Waals surface area contributed by atoms with Crippen molar-refractivity contribution in [2.24, 2.45) is 0 Å². The van der Waals surface area contributed by atoms with E-state index < -0.39 is 0 Å². The molecule has 0 atom stereocenters. The Kier molecular flexibility index (Phi) is 12.5. The lowest BCUT2D eigenvalue weighted by Crippen LogP contribution is -2.32. The standard InChI is InChI=1S/B12/c1-3-5-7-9-11-12-10-8-6-4-2. The van der Waals surface area contributed by atoms with E-state index in [9.17, 15) is 0 Å². The molecule has 0 nitrogen and oxygen atoms in total. The van der Waals surface area contributed by atoms with Gasteiger partial charge < -0.3 is 0 Å². The summed E-state index contributed by atoms with van der Waals surface area (Å²) in [5.41, 5.74) is 0. The molecular weight excluding hydrogens is 130 g/mol. The molecule has 36 valence electrons. The van der Waals surface area contributed by atoms with Crippen LogP contribution in [0.25, 0.3) is 0 Å². The van der Waals surface area contributed by atoms with Gasteiger partial charge >= 0.3 is 0 Å². The van der Waals surface area contributed by atoms with Crippen LogP contribution >= 0.6 is 0 Å². The Morgan fingerprint density at radius 1 is 0.417 bits per heavy atom. The molecule has 0 heterocycles. The molecule has 0 spiro atoms. The first-order valence-corrected chi connectivity index (χ1v) is 3.67. The topological polar surface area (TPSA) is 0 Å². The first-order chi connectivity index (χ1) is 5.91. The molecule has 0 N–H and O–H groups in total. The Balaban J connectivity index is 2.73. The largest absolute Gasteiger partial charge is 0 e. The van der Waals surface area contributed by atoms with E-state index in [1.165, 1.54) is 14.1 Å². The highest BCUT2D eigenvalue weighted by atomic mass is 12.8. The van der Waals surface area contributed by atoms with E-state index in [2.05, 4.69) is 0 Å². The Hall–Kier alpha value is 0.779. The molecule has 0 rings (SSSR count). The monoisotopic (exact) mass is 132 g/mol. The molecule has 14 radical (unpaired) electrons. The average Bonchev–Trinajstić information content (AvgIpc) is 2.10. The minimum absolute atomic E-state index is 1.48. The van der Waals surface area contributed by atoms with E-state index in [-0.39, 0.29) is 0 Å². The maximum atomic E-state index is 5.12. The molecule has 0 aromatic carbocycles. The fourth-order valence-corrected chi connectivity index (χ4v) is 0.513. The van der Waals surface area contributed by atoms with Gasteiger partial charge in [-0.3, -0.25) is 0 Å². The lowest BCUT2D eigenvalue weighted by molar-refractivity contribution is 3.81. The molecule has 0 aliphatic carbocycles. The lowest BCUT2D eigenvalue weighted by atomic mass is 8.87. The van der Waals surface area contributed by atoms with Crippen molar-refractivity contribution >= 4 is 86.1 Å². The van der Waals surface area contributed by atoms with E-state index in [0.29, 0.717) is 0 Å². The van der Waals surface area contributed by atoms with Crippen LogP contribution in [0.4, 0.5) is 0 Å². The van der Waals surface area contributed by atoms with Gasteiger partial charge in [0.25, 0.3) is 0 Å². The van der Waals surface area contributed by atoms with Gasteiger partial charge in [-0.2, -0.15) is 0 Å². The number of rotatable bonds is 9. The molecule has 0 amide bonds. The van der Waals surface area contributed by atoms with Crippen molar-refractivity contribution in [1.29, 1.82) is 0 Å². The van der Waals surface area contributed by atoms with Crippen LogP contribution in [0, 0.1) is 0 Å². The molecular formula is B12. The quantitative estimate of drug-likeness (QED) is 0.217. The van der Waals surface area contributed by atoms with Crippen molar-refractivity contribution in [3.05, 3.63) is 0 Å². The van der Waals surface area contributed by atoms with E-state index in [1.807, 2.05) is 42.4 Å². The Morgan fingerprint density at radius 2 is 0.667 bits per heavy atom. The maximum absolute atomic E-state index is 5.12. The predicted octanol–water partition coefficient (Wildman–Crippen LogP) is -4.57. The minimum atomic E-state index is 1.48. The number of hydrogen-bond donors (Lipinski definition) is 0. The Morgan fingerprint density at radius 3 is 0.917 bits per heavy atom. The van der Waals surface area contributed by atoms with Crippen molar-refractivity contribution < 1.29 is 0 Å². The van der Waals surface area contributed by atoms with Gasteiger partial charge in [-0.05, 0) is 0 Å². The summed E-state index contributed by atoms with van der Waals surface area (Å²) in [4.78, 5) is 0. The van der Waals surface area contributed by atoms with Gasteiger partial charge in [0, 0.05) is 86.1 Å². The second-order valence-electron chi connectivity index (χ2n) is 1.92. The normalized spacial score (nSPS) is 7.00. The summed E-state index contributed by atoms with van der Waals surface area (Å²) in [6.45, 7) is 0. The van der Waals surface area contributed by atoms with Gasteiger partial charge in [0.1, 0.15) is 0 Å². The van der Waals surface area contributed by atoms with Crippen LogP contribution in [0.15, 0.2) is 0 Å². The lowest BCUT2D eigenvalue weighted by Gasteiger charge is -1.94. The van der Waals surface area contributed by atoms with Gasteiger partial charge in [0.05, 0.1) is 0 Å². The summed E-state index contributed by atoms with van der Waals surface area (Å²) in [6.07, 6.45) is 0. The summed E-state index contributed by atoms with van der Waals surface area (Å²) in [6, 6.07) is 0. The molecule has 0 bridgehead atoms. The number of hydrogen-bond acceptors (Lipinski definition) is 0. The van der Waals surface area contributed by atoms with Crippen LogP contribution in [0.3, 0.4) is 0 Å². The van der Waals surface area contributed by atoms with Crippen LogP contribution in [-0.2, 0) is 0 Å². The van der Waals surface area contributed by atoms with Crippen LogP contribution in [0.5, 0.6) is 0 Å². The highest BCUT2D eigenvalue weighted by Crippen LogP contribution is 1.57. The second-order valence-corrected chi connectivity index (χ2v) is 1.92. The van der Waals surface area contributed by atoms with Crippen LogP contribution in [0.1, 0.15) is 0 Å². The summed E-state index contributed by atoms with van der Waals surface area (Å²) >= 11 is 0. The molecule has 0 saturated carbocycles. The molecule has 0 aliphatic rings. The molecule has 0 fully saturated rings. The minimum Gasteiger partial charge on any atom is 0 e. The van der Waals surface area contributed by atoms with Crippen molar-refractivity contribution in [2.45, 2.75) is 0 Å². The highest BCUT2D eigenvalue weighted by Gasteiger charge is 1.95. The Labute approximate surface area is 86.4 Å². The van der Waals surface area contributed by atoms with Crippen molar-refractivity contribution in [3.8, 4) is 0 Å². The highest BCUT2D eigenvalue weighted by molar-refractivity contribution is 7.70. The third-order valence-electron chi connectivity index (χ3n) is 1.00. The van der Waals surface area contributed by atoms with Crippen LogP contribution < -0.4 is 0 Å². The Bertz CT molecular complexity index is 56.4. The van der Waals surface area contributed by atoms with Crippen molar-refractivity contribution in [2.75, 3.05) is 0 Å². The maximum Gasteiger partial charge on any atom is 0 e. The SMILES string of the molecule is [B][B][B][B][B][B][B][B][B][B][B][B]. The van der Waals surface area contributed by atoms with Gasteiger partial charge in [0.15, 0.2) is 0 Å². The zero-order valence-electron chi connectivity index (χ0n) is 6.93. The summed E-state index contributed by atoms with van der Waals surface area (Å²) < 4.78 is 0. The zero-order chi connectivity index (χ0) is 9.07. The van der Waals surface area contributed by atoms with Gasteiger partial charge in [-0.25, -0.2) is 0 Å². The molecule has 0 saturated heterocycles.